The molecular formula is C15H10N2O. The van der Waals surface area contributed by atoms with Crippen molar-refractivity contribution in [3.8, 4) is 11.1 Å². The molecule has 3 aromatic heterocycles. The van der Waals surface area contributed by atoms with Gasteiger partial charge in [-0.3, -0.25) is 4.98 Å². The summed E-state index contributed by atoms with van der Waals surface area (Å²) in [6.07, 6.45) is 7.39. The van der Waals surface area contributed by atoms with E-state index in [0.717, 1.165) is 27.6 Å². The van der Waals surface area contributed by atoms with Crippen LogP contribution >= 0.6 is 0 Å². The van der Waals surface area contributed by atoms with Crippen LogP contribution in [0.15, 0.2) is 59.6 Å². The van der Waals surface area contributed by atoms with Crippen LogP contribution < -0.4 is 0 Å². The van der Waals surface area contributed by atoms with E-state index in [4.69, 9.17) is 4.42 Å². The SMILES string of the molecule is c1cc2c(-c3ccc4occc4c3)cncc2[nH]1. The largest absolute Gasteiger partial charge is 0.464 e. The highest BCUT2D eigenvalue weighted by Gasteiger charge is 2.06. The first-order valence-electron chi connectivity index (χ1n) is 5.80. The lowest BCUT2D eigenvalue weighted by Crippen LogP contribution is -1.81. The van der Waals surface area contributed by atoms with Crippen LogP contribution in [0.1, 0.15) is 0 Å². The highest BCUT2D eigenvalue weighted by molar-refractivity contribution is 5.96. The van der Waals surface area contributed by atoms with E-state index < -0.39 is 0 Å². The number of nitrogens with zero attached hydrogens (tertiary/aromatic N) is 1. The number of H-pyrrole nitrogens is 1. The van der Waals surface area contributed by atoms with E-state index >= 15 is 0 Å². The average Bonchev–Trinajstić information content (AvgIpc) is 3.05. The Morgan fingerprint density at radius 3 is 3.06 bits per heavy atom. The maximum absolute atomic E-state index is 5.36. The van der Waals surface area contributed by atoms with Crippen molar-refractivity contribution in [2.24, 2.45) is 0 Å². The van der Waals surface area contributed by atoms with Crippen LogP contribution in [0.4, 0.5) is 0 Å². The van der Waals surface area contributed by atoms with E-state index in [2.05, 4.69) is 28.2 Å². The molecular weight excluding hydrogens is 224 g/mol. The Morgan fingerprint density at radius 1 is 1.06 bits per heavy atom. The molecule has 3 heteroatoms. The fourth-order valence-corrected chi connectivity index (χ4v) is 2.34. The zero-order chi connectivity index (χ0) is 11.9. The van der Waals surface area contributed by atoms with E-state index in [-0.39, 0.29) is 0 Å². The molecule has 0 fully saturated rings. The van der Waals surface area contributed by atoms with Crippen LogP contribution in [-0.2, 0) is 0 Å². The molecule has 0 bridgehead atoms. The van der Waals surface area contributed by atoms with E-state index in [9.17, 15) is 0 Å². The first-order valence-corrected chi connectivity index (χ1v) is 5.80. The predicted octanol–water partition coefficient (Wildman–Crippen LogP) is 3.98. The predicted molar refractivity (Wildman–Crippen MR) is 71.3 cm³/mol. The molecule has 1 N–H and O–H groups in total. The van der Waals surface area contributed by atoms with Gasteiger partial charge in [0, 0.05) is 28.7 Å². The molecule has 4 rings (SSSR count). The number of fused-ring (bicyclic) bond motifs is 2. The van der Waals surface area contributed by atoms with E-state index in [1.807, 2.05) is 30.7 Å². The molecule has 1 aromatic carbocycles. The molecule has 4 aromatic rings. The third kappa shape index (κ3) is 1.27. The smallest absolute Gasteiger partial charge is 0.133 e. The number of pyridine rings is 1. The van der Waals surface area contributed by atoms with Gasteiger partial charge in [-0.2, -0.15) is 0 Å². The molecule has 18 heavy (non-hydrogen) atoms. The monoisotopic (exact) mass is 234 g/mol. The van der Waals surface area contributed by atoms with Gasteiger partial charge in [-0.1, -0.05) is 6.07 Å². The summed E-state index contributed by atoms with van der Waals surface area (Å²) in [6.45, 7) is 0. The number of aromatic nitrogens is 2. The number of hydrogen-bond donors (Lipinski definition) is 1. The van der Waals surface area contributed by atoms with E-state index in [1.165, 1.54) is 5.39 Å². The Balaban J connectivity index is 2.03. The number of benzene rings is 1. The van der Waals surface area contributed by atoms with Crippen molar-refractivity contribution in [2.75, 3.05) is 0 Å². The molecule has 0 atom stereocenters. The lowest BCUT2D eigenvalue weighted by molar-refractivity contribution is 0.616. The molecule has 86 valence electrons. The molecule has 0 aliphatic carbocycles. The Bertz CT molecular complexity index is 842. The molecule has 3 heterocycles. The number of rotatable bonds is 1. The first kappa shape index (κ1) is 9.48. The minimum absolute atomic E-state index is 0.910. The molecule has 0 saturated heterocycles. The third-order valence-electron chi connectivity index (χ3n) is 3.24. The van der Waals surface area contributed by atoms with Gasteiger partial charge in [-0.15, -0.1) is 0 Å². The van der Waals surface area contributed by atoms with Crippen LogP contribution in [0.5, 0.6) is 0 Å². The van der Waals surface area contributed by atoms with Crippen molar-refractivity contribution in [3.05, 3.63) is 55.2 Å². The molecule has 0 radical (unpaired) electrons. The Kier molecular flexibility index (Phi) is 1.83. The quantitative estimate of drug-likeness (QED) is 0.541. The second kappa shape index (κ2) is 3.47. The fourth-order valence-electron chi connectivity index (χ4n) is 2.34. The van der Waals surface area contributed by atoms with Gasteiger partial charge in [0.15, 0.2) is 0 Å². The van der Waals surface area contributed by atoms with Gasteiger partial charge in [0.05, 0.1) is 18.0 Å². The van der Waals surface area contributed by atoms with E-state index in [1.54, 1.807) is 6.26 Å². The van der Waals surface area contributed by atoms with Crippen molar-refractivity contribution in [2.45, 2.75) is 0 Å². The zero-order valence-electron chi connectivity index (χ0n) is 9.55. The number of aromatic amines is 1. The lowest BCUT2D eigenvalue weighted by Gasteiger charge is -2.03. The van der Waals surface area contributed by atoms with Gasteiger partial charge < -0.3 is 9.40 Å². The van der Waals surface area contributed by atoms with Gasteiger partial charge in [-0.25, -0.2) is 0 Å². The molecule has 0 aliphatic heterocycles. The van der Waals surface area contributed by atoms with Crippen molar-refractivity contribution >= 4 is 21.9 Å². The van der Waals surface area contributed by atoms with Crippen molar-refractivity contribution in [1.82, 2.24) is 9.97 Å². The summed E-state index contributed by atoms with van der Waals surface area (Å²) >= 11 is 0. The maximum atomic E-state index is 5.36. The Morgan fingerprint density at radius 2 is 2.06 bits per heavy atom. The second-order valence-electron chi connectivity index (χ2n) is 4.30. The minimum Gasteiger partial charge on any atom is -0.464 e. The molecule has 0 unspecified atom stereocenters. The van der Waals surface area contributed by atoms with Crippen molar-refractivity contribution < 1.29 is 4.42 Å². The third-order valence-corrected chi connectivity index (χ3v) is 3.24. The van der Waals surface area contributed by atoms with Crippen molar-refractivity contribution in [1.29, 1.82) is 0 Å². The van der Waals surface area contributed by atoms with Crippen LogP contribution in [0, 0.1) is 0 Å². The molecule has 3 nitrogen and oxygen atoms in total. The van der Waals surface area contributed by atoms with Crippen LogP contribution in [-0.4, -0.2) is 9.97 Å². The number of nitrogens with one attached hydrogen (secondary N) is 1. The minimum atomic E-state index is 0.910. The fraction of sp³-hybridized carbons (Fsp3) is 0. The maximum Gasteiger partial charge on any atom is 0.133 e. The highest BCUT2D eigenvalue weighted by atomic mass is 16.3. The standard InChI is InChI=1S/C15H10N2O/c1-2-15-11(4-6-18-15)7-10(1)13-8-16-9-14-12(13)3-5-17-14/h1-9,17H. The number of furan rings is 1. The van der Waals surface area contributed by atoms with Gasteiger partial charge in [0.1, 0.15) is 5.58 Å². The zero-order valence-corrected chi connectivity index (χ0v) is 9.55. The summed E-state index contributed by atoms with van der Waals surface area (Å²) in [5.74, 6) is 0. The summed E-state index contributed by atoms with van der Waals surface area (Å²) < 4.78 is 5.36. The van der Waals surface area contributed by atoms with Crippen molar-refractivity contribution in [3.63, 3.8) is 0 Å². The first-order chi connectivity index (χ1) is 8.92. The summed E-state index contributed by atoms with van der Waals surface area (Å²) in [6, 6.07) is 10.2. The van der Waals surface area contributed by atoms with Gasteiger partial charge >= 0.3 is 0 Å². The summed E-state index contributed by atoms with van der Waals surface area (Å²) in [4.78, 5) is 7.46. The van der Waals surface area contributed by atoms with Crippen LogP contribution in [0.3, 0.4) is 0 Å². The summed E-state index contributed by atoms with van der Waals surface area (Å²) in [7, 11) is 0. The molecule has 0 saturated carbocycles. The number of hydrogen-bond acceptors (Lipinski definition) is 2. The van der Waals surface area contributed by atoms with Gasteiger partial charge in [0.2, 0.25) is 0 Å². The lowest BCUT2D eigenvalue weighted by atomic mass is 10.0. The molecule has 0 amide bonds. The van der Waals surface area contributed by atoms with Crippen LogP contribution in [0.25, 0.3) is 33.0 Å². The Hall–Kier alpha value is -2.55. The summed E-state index contributed by atoms with van der Waals surface area (Å²) in [5.41, 5.74) is 4.26. The normalized spacial score (nSPS) is 11.3. The molecule has 0 spiro atoms. The van der Waals surface area contributed by atoms with Gasteiger partial charge in [-0.05, 0) is 29.8 Å². The average molecular weight is 234 g/mol. The van der Waals surface area contributed by atoms with Gasteiger partial charge in [0.25, 0.3) is 0 Å². The van der Waals surface area contributed by atoms with Crippen LogP contribution in [0.2, 0.25) is 0 Å². The topological polar surface area (TPSA) is 41.8 Å². The summed E-state index contributed by atoms with van der Waals surface area (Å²) in [5, 5.41) is 2.30. The van der Waals surface area contributed by atoms with E-state index in [0.29, 0.717) is 0 Å². The second-order valence-corrected chi connectivity index (χ2v) is 4.30. The highest BCUT2D eigenvalue weighted by Crippen LogP contribution is 2.29. The molecule has 0 aliphatic rings. The Labute approximate surface area is 103 Å².